The molecule has 0 atom stereocenters. The highest BCUT2D eigenvalue weighted by molar-refractivity contribution is 7.80. The molecule has 0 saturated heterocycles. The number of carbonyl (C=O) groups excluding carboxylic acids is 2. The van der Waals surface area contributed by atoms with Gasteiger partial charge in [0.2, 0.25) is 0 Å². The highest BCUT2D eigenvalue weighted by atomic mass is 32.1. The van der Waals surface area contributed by atoms with Gasteiger partial charge in [-0.25, -0.2) is 9.59 Å². The van der Waals surface area contributed by atoms with Gasteiger partial charge in [0.25, 0.3) is 0 Å². The molecule has 10 heteroatoms. The number of esters is 2. The molecule has 0 aliphatic carbocycles. The summed E-state index contributed by atoms with van der Waals surface area (Å²) in [5, 5.41) is 11.1. The molecule has 0 amide bonds. The molecule has 2 aromatic heterocycles. The Hall–Kier alpha value is -3.24. The Bertz CT molecular complexity index is 1140. The molecule has 8 nitrogen and oxygen atoms in total. The number of methoxy groups -OCH3 is 2. The lowest BCUT2D eigenvalue weighted by Gasteiger charge is -2.09. The van der Waals surface area contributed by atoms with Gasteiger partial charge in [0.1, 0.15) is 9.88 Å². The maximum Gasteiger partial charge on any atom is 0.348 e. The zero-order valence-electron chi connectivity index (χ0n) is 17.5. The highest BCUT2D eigenvalue weighted by Crippen LogP contribution is 2.34. The third-order valence-corrected chi connectivity index (χ3v) is 6.00. The van der Waals surface area contributed by atoms with Crippen molar-refractivity contribution in [3.05, 3.63) is 63.7 Å². The average molecular weight is 459 g/mol. The van der Waals surface area contributed by atoms with E-state index in [-0.39, 0.29) is 10.7 Å². The van der Waals surface area contributed by atoms with Crippen LogP contribution in [0.2, 0.25) is 0 Å². The topological polar surface area (TPSA) is 94.5 Å². The van der Waals surface area contributed by atoms with Crippen molar-refractivity contribution in [2.24, 2.45) is 0 Å². The van der Waals surface area contributed by atoms with Crippen molar-refractivity contribution in [2.45, 2.75) is 20.4 Å². The van der Waals surface area contributed by atoms with Crippen LogP contribution in [0.1, 0.15) is 36.7 Å². The molecule has 0 radical (unpaired) electrons. The van der Waals surface area contributed by atoms with E-state index < -0.39 is 11.9 Å². The molecular weight excluding hydrogens is 436 g/mol. The molecule has 1 aromatic carbocycles. The Kier molecular flexibility index (Phi) is 7.03. The van der Waals surface area contributed by atoms with Crippen LogP contribution < -0.4 is 10.6 Å². The molecule has 31 heavy (non-hydrogen) atoms. The van der Waals surface area contributed by atoms with Gasteiger partial charge in [-0.2, -0.15) is 5.10 Å². The average Bonchev–Trinajstić information content (AvgIpc) is 3.32. The van der Waals surface area contributed by atoms with E-state index in [0.717, 1.165) is 11.3 Å². The third kappa shape index (κ3) is 5.09. The Morgan fingerprint density at radius 2 is 1.81 bits per heavy atom. The second-order valence-electron chi connectivity index (χ2n) is 6.65. The minimum atomic E-state index is -0.572. The van der Waals surface area contributed by atoms with Crippen molar-refractivity contribution in [1.82, 2.24) is 9.78 Å². The lowest BCUT2D eigenvalue weighted by Crippen LogP contribution is -2.20. The largest absolute Gasteiger partial charge is 0.465 e. The van der Waals surface area contributed by atoms with E-state index >= 15 is 0 Å². The first kappa shape index (κ1) is 22.4. The number of thiophene rings is 1. The molecule has 2 N–H and O–H groups in total. The molecule has 0 bridgehead atoms. The Morgan fingerprint density at radius 3 is 2.48 bits per heavy atom. The number of nitrogens with zero attached hydrogens (tertiary/aromatic N) is 2. The zero-order valence-corrected chi connectivity index (χ0v) is 19.1. The molecule has 0 fully saturated rings. The van der Waals surface area contributed by atoms with E-state index in [1.54, 1.807) is 17.7 Å². The normalized spacial score (nSPS) is 10.5. The fourth-order valence-electron chi connectivity index (χ4n) is 2.97. The van der Waals surface area contributed by atoms with Crippen molar-refractivity contribution >= 4 is 51.4 Å². The molecule has 0 aliphatic heterocycles. The Labute approximate surface area is 189 Å². The number of carbonyl (C=O) groups is 2. The summed E-state index contributed by atoms with van der Waals surface area (Å²) in [6.07, 6.45) is 1.85. The monoisotopic (exact) mass is 458 g/mol. The maximum absolute atomic E-state index is 12.2. The quantitative estimate of drug-likeness (QED) is 0.423. The summed E-state index contributed by atoms with van der Waals surface area (Å²) in [5.74, 6) is -0.557. The smallest absolute Gasteiger partial charge is 0.348 e. The molecule has 0 spiro atoms. The standard InChI is InChI=1S/C21H22N4O4S2/c1-12-7-5-6-8-14(12)11-25-10-9-15(24-25)22-21(30)23-18-16(19(26)28-3)13(2)17(31-18)20(27)29-4/h5-10H,11H2,1-4H3,(H2,22,23,24,30). The van der Waals surface area contributed by atoms with E-state index in [1.165, 1.54) is 25.3 Å². The number of nitrogens with one attached hydrogen (secondary N) is 2. The van der Waals surface area contributed by atoms with Crippen molar-refractivity contribution < 1.29 is 19.1 Å². The van der Waals surface area contributed by atoms with E-state index in [9.17, 15) is 9.59 Å². The van der Waals surface area contributed by atoms with E-state index in [0.29, 0.717) is 27.8 Å². The number of hydrogen-bond acceptors (Lipinski definition) is 7. The van der Waals surface area contributed by atoms with Gasteiger partial charge in [-0.3, -0.25) is 4.68 Å². The van der Waals surface area contributed by atoms with Gasteiger partial charge >= 0.3 is 11.9 Å². The van der Waals surface area contributed by atoms with Crippen LogP contribution in [0.25, 0.3) is 0 Å². The highest BCUT2D eigenvalue weighted by Gasteiger charge is 2.26. The Morgan fingerprint density at radius 1 is 1.10 bits per heavy atom. The van der Waals surface area contributed by atoms with E-state index in [4.69, 9.17) is 21.7 Å². The number of rotatable bonds is 6. The van der Waals surface area contributed by atoms with Gasteiger partial charge in [-0.05, 0) is 42.8 Å². The number of thiocarbonyl (C=S) groups is 1. The number of benzene rings is 1. The summed E-state index contributed by atoms with van der Waals surface area (Å²) in [6.45, 7) is 4.35. The second kappa shape index (κ2) is 9.71. The van der Waals surface area contributed by atoms with Crippen LogP contribution in [0.3, 0.4) is 0 Å². The number of aromatic nitrogens is 2. The Balaban J connectivity index is 1.74. The van der Waals surface area contributed by atoms with Crippen LogP contribution >= 0.6 is 23.6 Å². The number of ether oxygens (including phenoxy) is 2. The first-order valence-electron chi connectivity index (χ1n) is 9.30. The lowest BCUT2D eigenvalue weighted by atomic mass is 10.1. The van der Waals surface area contributed by atoms with Crippen molar-refractivity contribution in [2.75, 3.05) is 24.9 Å². The van der Waals surface area contributed by atoms with Gasteiger partial charge in [0.15, 0.2) is 10.9 Å². The molecule has 3 aromatic rings. The SMILES string of the molecule is COC(=O)c1sc(NC(=S)Nc2ccn(Cc3ccccc3C)n2)c(C(=O)OC)c1C. The molecule has 2 heterocycles. The van der Waals surface area contributed by atoms with Gasteiger partial charge in [0, 0.05) is 12.3 Å². The fraction of sp³-hybridized carbons (Fsp3) is 0.238. The first-order chi connectivity index (χ1) is 14.8. The number of hydrogen-bond donors (Lipinski definition) is 2. The molecule has 162 valence electrons. The molecule has 0 unspecified atom stereocenters. The lowest BCUT2D eigenvalue weighted by molar-refractivity contribution is 0.0601. The molecular formula is C21H22N4O4S2. The van der Waals surface area contributed by atoms with Crippen molar-refractivity contribution in [3.63, 3.8) is 0 Å². The van der Waals surface area contributed by atoms with Crippen LogP contribution in [0.5, 0.6) is 0 Å². The van der Waals surface area contributed by atoms with Crippen molar-refractivity contribution in [1.29, 1.82) is 0 Å². The third-order valence-electron chi connectivity index (χ3n) is 4.61. The summed E-state index contributed by atoms with van der Waals surface area (Å²) < 4.78 is 11.4. The van der Waals surface area contributed by atoms with Crippen LogP contribution in [0.4, 0.5) is 10.8 Å². The minimum absolute atomic E-state index is 0.226. The van der Waals surface area contributed by atoms with Gasteiger partial charge < -0.3 is 20.1 Å². The van der Waals surface area contributed by atoms with Crippen LogP contribution in [0, 0.1) is 13.8 Å². The molecule has 3 rings (SSSR count). The summed E-state index contributed by atoms with van der Waals surface area (Å²) in [4.78, 5) is 24.5. The second-order valence-corrected chi connectivity index (χ2v) is 8.08. The number of anilines is 2. The predicted molar refractivity (Wildman–Crippen MR) is 124 cm³/mol. The van der Waals surface area contributed by atoms with Gasteiger partial charge in [-0.15, -0.1) is 11.3 Å². The zero-order chi connectivity index (χ0) is 22.5. The minimum Gasteiger partial charge on any atom is -0.465 e. The summed E-state index contributed by atoms with van der Waals surface area (Å²) >= 11 is 6.44. The number of aryl methyl sites for hydroxylation is 1. The maximum atomic E-state index is 12.2. The van der Waals surface area contributed by atoms with Crippen LogP contribution in [-0.4, -0.2) is 41.1 Å². The molecule has 0 aliphatic rings. The predicted octanol–water partition coefficient (Wildman–Crippen LogP) is 3.99. The van der Waals surface area contributed by atoms with Gasteiger partial charge in [0.05, 0.1) is 26.3 Å². The summed E-state index contributed by atoms with van der Waals surface area (Å²) in [6, 6.07) is 9.91. The fourth-order valence-corrected chi connectivity index (χ4v) is 4.35. The van der Waals surface area contributed by atoms with E-state index in [1.807, 2.05) is 18.3 Å². The van der Waals surface area contributed by atoms with Crippen LogP contribution in [0.15, 0.2) is 36.5 Å². The van der Waals surface area contributed by atoms with E-state index in [2.05, 4.69) is 34.8 Å². The van der Waals surface area contributed by atoms with Gasteiger partial charge in [-0.1, -0.05) is 24.3 Å². The summed E-state index contributed by atoms with van der Waals surface area (Å²) in [7, 11) is 2.56. The molecule has 0 saturated carbocycles. The van der Waals surface area contributed by atoms with Crippen LogP contribution in [-0.2, 0) is 16.0 Å². The first-order valence-corrected chi connectivity index (χ1v) is 10.5. The van der Waals surface area contributed by atoms with Crippen molar-refractivity contribution in [3.8, 4) is 0 Å². The summed E-state index contributed by atoms with van der Waals surface area (Å²) in [5.41, 5.74) is 3.07.